The van der Waals surface area contributed by atoms with Crippen LogP contribution in [0.15, 0.2) is 42.6 Å². The van der Waals surface area contributed by atoms with Gasteiger partial charge in [-0.2, -0.15) is 10.2 Å². The normalized spacial score (nSPS) is 17.2. The molecule has 0 bridgehead atoms. The van der Waals surface area contributed by atoms with E-state index >= 15 is 0 Å². The number of nitrogens with one attached hydrogen (secondary N) is 1. The molecule has 0 unspecified atom stereocenters. The summed E-state index contributed by atoms with van der Waals surface area (Å²) in [5.41, 5.74) is 3.00. The number of nitriles is 1. The van der Waals surface area contributed by atoms with E-state index in [1.54, 1.807) is 13.3 Å². The smallest absolute Gasteiger partial charge is 0.239 e. The molecule has 0 saturated carbocycles. The minimum atomic E-state index is 0.131. The first kappa shape index (κ1) is 25.7. The zero-order valence-electron chi connectivity index (χ0n) is 22.2. The highest BCUT2D eigenvalue weighted by atomic mass is 16.5. The van der Waals surface area contributed by atoms with E-state index in [2.05, 4.69) is 55.1 Å². The highest BCUT2D eigenvalue weighted by molar-refractivity contribution is 5.66. The Bertz CT molecular complexity index is 1290. The molecule has 0 atom stereocenters. The van der Waals surface area contributed by atoms with Gasteiger partial charge in [0.15, 0.2) is 0 Å². The quantitative estimate of drug-likeness (QED) is 0.505. The maximum Gasteiger partial charge on any atom is 0.239 e. The molecule has 0 spiro atoms. The molecule has 2 fully saturated rings. The summed E-state index contributed by atoms with van der Waals surface area (Å²) in [6.45, 7) is 5.87. The van der Waals surface area contributed by atoms with Crippen molar-refractivity contribution in [2.24, 2.45) is 0 Å². The van der Waals surface area contributed by atoms with E-state index < -0.39 is 0 Å². The van der Waals surface area contributed by atoms with E-state index in [-0.39, 0.29) is 6.10 Å². The highest BCUT2D eigenvalue weighted by Crippen LogP contribution is 2.31. The Morgan fingerprint density at radius 2 is 1.71 bits per heavy atom. The van der Waals surface area contributed by atoms with Gasteiger partial charge in [-0.25, -0.2) is 9.97 Å². The van der Waals surface area contributed by atoms with E-state index in [1.165, 1.54) is 0 Å². The second-order valence-electron chi connectivity index (χ2n) is 9.85. The van der Waals surface area contributed by atoms with Crippen LogP contribution >= 0.6 is 0 Å². The first-order chi connectivity index (χ1) is 18.5. The molecule has 3 aromatic rings. The topological polar surface area (TPSA) is 103 Å². The summed E-state index contributed by atoms with van der Waals surface area (Å²) < 4.78 is 11.8. The molecule has 2 aromatic heterocycles. The molecular formula is C28H34N8O2. The molecule has 10 heteroatoms. The molecule has 4 heterocycles. The van der Waals surface area contributed by atoms with Crippen molar-refractivity contribution in [1.29, 1.82) is 5.26 Å². The van der Waals surface area contributed by atoms with Crippen molar-refractivity contribution in [1.82, 2.24) is 24.8 Å². The van der Waals surface area contributed by atoms with Gasteiger partial charge in [0, 0.05) is 51.0 Å². The number of ether oxygens (including phenoxy) is 2. The number of aromatic nitrogens is 3. The van der Waals surface area contributed by atoms with Gasteiger partial charge in [0.1, 0.15) is 29.4 Å². The van der Waals surface area contributed by atoms with Crippen LogP contribution in [0.3, 0.4) is 0 Å². The van der Waals surface area contributed by atoms with Gasteiger partial charge < -0.3 is 29.5 Å². The number of hydrogen-bond donors (Lipinski definition) is 1. The molecule has 10 nitrogen and oxygen atoms in total. The summed E-state index contributed by atoms with van der Waals surface area (Å²) in [6.07, 6.45) is 3.74. The molecule has 0 amide bonds. The van der Waals surface area contributed by atoms with Gasteiger partial charge in [-0.3, -0.25) is 0 Å². The van der Waals surface area contributed by atoms with Crippen LogP contribution < -0.4 is 19.7 Å². The maximum absolute atomic E-state index is 9.78. The molecule has 5 rings (SSSR count). The number of nitrogens with zero attached hydrogens (tertiary/aromatic N) is 7. The number of pyridine rings is 1. The third-order valence-electron chi connectivity index (χ3n) is 7.13. The molecule has 2 aliphatic rings. The van der Waals surface area contributed by atoms with E-state index in [0.29, 0.717) is 34.7 Å². The van der Waals surface area contributed by atoms with Crippen molar-refractivity contribution in [3.63, 3.8) is 0 Å². The fraction of sp³-hybridized carbons (Fsp3) is 0.429. The van der Waals surface area contributed by atoms with Gasteiger partial charge in [-0.1, -0.05) is 0 Å². The number of benzene rings is 1. The van der Waals surface area contributed by atoms with Crippen LogP contribution in [0.5, 0.6) is 11.6 Å². The Morgan fingerprint density at radius 3 is 2.45 bits per heavy atom. The number of hydrogen-bond acceptors (Lipinski definition) is 10. The second kappa shape index (κ2) is 11.6. The number of anilines is 3. The largest absolute Gasteiger partial charge is 0.489 e. The van der Waals surface area contributed by atoms with Crippen molar-refractivity contribution in [3.8, 4) is 29.0 Å². The lowest BCUT2D eigenvalue weighted by Crippen LogP contribution is -2.44. The van der Waals surface area contributed by atoms with Crippen LogP contribution in [0.4, 0.5) is 17.5 Å². The van der Waals surface area contributed by atoms with Crippen LogP contribution in [-0.4, -0.2) is 91.3 Å². The lowest BCUT2D eigenvalue weighted by molar-refractivity contribution is 0.114. The molecular weight excluding hydrogens is 480 g/mol. The zero-order chi connectivity index (χ0) is 26.5. The number of piperazine rings is 1. The van der Waals surface area contributed by atoms with Gasteiger partial charge in [0.2, 0.25) is 11.8 Å². The Balaban J connectivity index is 1.31. The Hall–Kier alpha value is -3.94. The summed E-state index contributed by atoms with van der Waals surface area (Å²) in [7, 11) is 5.89. The van der Waals surface area contributed by atoms with Gasteiger partial charge >= 0.3 is 0 Å². The first-order valence-corrected chi connectivity index (χ1v) is 13.0. The minimum absolute atomic E-state index is 0.131. The molecule has 0 radical (unpaired) electrons. The number of methoxy groups -OCH3 is 1. The van der Waals surface area contributed by atoms with E-state index in [0.717, 1.165) is 63.4 Å². The molecule has 198 valence electrons. The van der Waals surface area contributed by atoms with Gasteiger partial charge in [0.05, 0.1) is 18.4 Å². The molecule has 38 heavy (non-hydrogen) atoms. The number of likely N-dealkylation sites (tertiary alicyclic amines) is 1. The lowest BCUT2D eigenvalue weighted by Gasteiger charge is -2.34. The van der Waals surface area contributed by atoms with Crippen molar-refractivity contribution in [2.45, 2.75) is 18.9 Å². The SMILES string of the molecule is COc1nc(Nc2nccc(-c3ccc(OC4CCN(C)CC4)c(C#N)c3)n2)ccc1N1CCN(C)CC1. The molecule has 1 N–H and O–H groups in total. The minimum Gasteiger partial charge on any atom is -0.489 e. The Kier molecular flexibility index (Phi) is 7.86. The van der Waals surface area contributed by atoms with Crippen molar-refractivity contribution in [3.05, 3.63) is 48.2 Å². The maximum atomic E-state index is 9.78. The number of piperidine rings is 1. The monoisotopic (exact) mass is 514 g/mol. The average molecular weight is 515 g/mol. The van der Waals surface area contributed by atoms with Gasteiger partial charge in [0.25, 0.3) is 0 Å². The third-order valence-corrected chi connectivity index (χ3v) is 7.13. The lowest BCUT2D eigenvalue weighted by atomic mass is 10.1. The van der Waals surface area contributed by atoms with Gasteiger partial charge in [-0.05, 0) is 63.3 Å². The fourth-order valence-corrected chi connectivity index (χ4v) is 4.80. The van der Waals surface area contributed by atoms with Crippen molar-refractivity contribution in [2.75, 3.05) is 70.7 Å². The van der Waals surface area contributed by atoms with Crippen LogP contribution in [0, 0.1) is 11.3 Å². The summed E-state index contributed by atoms with van der Waals surface area (Å²) >= 11 is 0. The summed E-state index contributed by atoms with van der Waals surface area (Å²) in [4.78, 5) is 20.6. The first-order valence-electron chi connectivity index (χ1n) is 13.0. The van der Waals surface area contributed by atoms with E-state index in [4.69, 9.17) is 9.47 Å². The second-order valence-corrected chi connectivity index (χ2v) is 9.85. The molecule has 0 aliphatic carbocycles. The van der Waals surface area contributed by atoms with Crippen LogP contribution in [0.1, 0.15) is 18.4 Å². The number of likely N-dealkylation sites (N-methyl/N-ethyl adjacent to an activating group) is 1. The number of rotatable bonds is 7. The van der Waals surface area contributed by atoms with Gasteiger partial charge in [-0.15, -0.1) is 0 Å². The highest BCUT2D eigenvalue weighted by Gasteiger charge is 2.21. The predicted octanol–water partition coefficient (Wildman–Crippen LogP) is 3.39. The Morgan fingerprint density at radius 1 is 0.947 bits per heavy atom. The predicted molar refractivity (Wildman–Crippen MR) is 147 cm³/mol. The zero-order valence-corrected chi connectivity index (χ0v) is 22.2. The van der Waals surface area contributed by atoms with E-state index in [9.17, 15) is 5.26 Å². The third kappa shape index (κ3) is 5.96. The van der Waals surface area contributed by atoms with E-state index in [1.807, 2.05) is 36.4 Å². The standard InChI is InChI=1S/C28H34N8O2/c1-34-12-9-22(10-13-34)38-25-6-4-20(18-21(25)19-29)23-8-11-30-28(31-23)33-26-7-5-24(27(32-26)37-3)36-16-14-35(2)15-17-36/h4-8,11,18,22H,9-10,12-17H2,1-3H3,(H,30,31,32,33). The average Bonchev–Trinajstić information content (AvgIpc) is 2.95. The summed E-state index contributed by atoms with van der Waals surface area (Å²) in [5, 5.41) is 13.0. The van der Waals surface area contributed by atoms with Crippen LogP contribution in [0.2, 0.25) is 0 Å². The fourth-order valence-electron chi connectivity index (χ4n) is 4.80. The van der Waals surface area contributed by atoms with Crippen molar-refractivity contribution < 1.29 is 9.47 Å². The molecule has 1 aromatic carbocycles. The summed E-state index contributed by atoms with van der Waals surface area (Å²) in [6, 6.07) is 13.7. The van der Waals surface area contributed by atoms with Crippen LogP contribution in [-0.2, 0) is 0 Å². The Labute approximate surface area is 223 Å². The molecule has 2 aliphatic heterocycles. The molecule has 2 saturated heterocycles. The van der Waals surface area contributed by atoms with Crippen LogP contribution in [0.25, 0.3) is 11.3 Å². The summed E-state index contributed by atoms with van der Waals surface area (Å²) in [5.74, 6) is 2.19. The van der Waals surface area contributed by atoms with Crippen molar-refractivity contribution >= 4 is 17.5 Å².